The van der Waals surface area contributed by atoms with E-state index in [1.807, 2.05) is 36.4 Å². The molecule has 2 aromatic rings. The summed E-state index contributed by atoms with van der Waals surface area (Å²) in [5.41, 5.74) is -0.764. The minimum atomic E-state index is -2.92. The average molecular weight is 526 g/mol. The minimum absolute atomic E-state index is 0.0961. The molecular formula is C29H39NO6Si. The summed E-state index contributed by atoms with van der Waals surface area (Å²) in [6, 6.07) is 19.8. The van der Waals surface area contributed by atoms with E-state index in [0.717, 1.165) is 15.3 Å². The predicted octanol–water partition coefficient (Wildman–Crippen LogP) is 4.23. The fourth-order valence-corrected chi connectivity index (χ4v) is 9.96. The third-order valence-electron chi connectivity index (χ3n) is 6.80. The highest BCUT2D eigenvalue weighted by Crippen LogP contribution is 2.41. The van der Waals surface area contributed by atoms with Crippen LogP contribution in [0.4, 0.5) is 4.79 Å². The van der Waals surface area contributed by atoms with Crippen LogP contribution in [-0.2, 0) is 23.4 Å². The molecule has 0 unspecified atom stereocenters. The molecule has 0 saturated carbocycles. The van der Waals surface area contributed by atoms with Crippen molar-refractivity contribution in [3.8, 4) is 0 Å². The fraction of sp³-hybridized carbons (Fsp3) is 0.517. The second-order valence-electron chi connectivity index (χ2n) is 12.3. The quantitative estimate of drug-likeness (QED) is 0.544. The highest BCUT2D eigenvalue weighted by atomic mass is 28.4. The second kappa shape index (κ2) is 9.65. The van der Waals surface area contributed by atoms with Crippen LogP contribution in [0.25, 0.3) is 0 Å². The van der Waals surface area contributed by atoms with Gasteiger partial charge in [-0.25, -0.2) is 9.69 Å². The molecule has 3 atom stereocenters. The van der Waals surface area contributed by atoms with Crippen molar-refractivity contribution in [2.45, 2.75) is 90.1 Å². The van der Waals surface area contributed by atoms with E-state index in [1.54, 1.807) is 34.6 Å². The number of ether oxygens (including phenoxy) is 3. The van der Waals surface area contributed by atoms with E-state index in [0.29, 0.717) is 0 Å². The van der Waals surface area contributed by atoms with Crippen molar-refractivity contribution in [2.24, 2.45) is 0 Å². The molecule has 2 fully saturated rings. The zero-order valence-electron chi connectivity index (χ0n) is 23.1. The summed E-state index contributed by atoms with van der Waals surface area (Å²) >= 11 is 0. The summed E-state index contributed by atoms with van der Waals surface area (Å²) in [6.45, 7) is 15.5. The number of benzene rings is 2. The Bertz CT molecular complexity index is 1080. The lowest BCUT2D eigenvalue weighted by Gasteiger charge is -2.44. The third kappa shape index (κ3) is 5.25. The van der Waals surface area contributed by atoms with Crippen molar-refractivity contribution < 1.29 is 28.2 Å². The smallest absolute Gasteiger partial charge is 0.417 e. The molecule has 2 amide bonds. The first-order chi connectivity index (χ1) is 17.2. The van der Waals surface area contributed by atoms with Gasteiger partial charge in [0.1, 0.15) is 11.7 Å². The van der Waals surface area contributed by atoms with Crippen molar-refractivity contribution in [1.29, 1.82) is 0 Å². The van der Waals surface area contributed by atoms with Crippen LogP contribution in [0.15, 0.2) is 60.7 Å². The molecule has 8 heteroatoms. The van der Waals surface area contributed by atoms with Gasteiger partial charge in [-0.05, 0) is 50.0 Å². The molecule has 0 spiro atoms. The molecule has 0 aromatic heterocycles. The van der Waals surface area contributed by atoms with Crippen LogP contribution in [0, 0.1) is 0 Å². The molecule has 4 rings (SSSR count). The van der Waals surface area contributed by atoms with E-state index >= 15 is 0 Å². The maximum Gasteiger partial charge on any atom is 0.417 e. The molecule has 2 aromatic carbocycles. The number of carbonyl (C=O) groups excluding carboxylic acids is 2. The van der Waals surface area contributed by atoms with Crippen molar-refractivity contribution in [3.63, 3.8) is 0 Å². The molecule has 200 valence electrons. The average Bonchev–Trinajstić information content (AvgIpc) is 3.24. The molecule has 2 aliphatic rings. The van der Waals surface area contributed by atoms with Crippen molar-refractivity contribution in [3.05, 3.63) is 60.7 Å². The number of rotatable bonds is 5. The topological polar surface area (TPSA) is 74.3 Å². The van der Waals surface area contributed by atoms with E-state index in [4.69, 9.17) is 18.6 Å². The summed E-state index contributed by atoms with van der Waals surface area (Å²) in [5, 5.41) is 1.96. The Morgan fingerprint density at radius 1 is 0.919 bits per heavy atom. The van der Waals surface area contributed by atoms with Gasteiger partial charge >= 0.3 is 6.09 Å². The Labute approximate surface area is 221 Å². The SMILES string of the molecule is CC(C)(C)OC(=O)N1C(=O)[C@H]2OC(C)(C)O[C@H]2[C@@H]1CO[Si](c1ccccc1)(c1ccccc1)C(C)(C)C. The second-order valence-corrected chi connectivity index (χ2v) is 16.6. The lowest BCUT2D eigenvalue weighted by Crippen LogP contribution is -2.67. The zero-order chi connectivity index (χ0) is 27.2. The Morgan fingerprint density at radius 3 is 1.89 bits per heavy atom. The predicted molar refractivity (Wildman–Crippen MR) is 144 cm³/mol. The normalized spacial score (nSPS) is 23.7. The fourth-order valence-electron chi connectivity index (χ4n) is 5.39. The zero-order valence-corrected chi connectivity index (χ0v) is 24.1. The van der Waals surface area contributed by atoms with E-state index in [-0.39, 0.29) is 11.6 Å². The van der Waals surface area contributed by atoms with Crippen LogP contribution in [0.5, 0.6) is 0 Å². The maximum absolute atomic E-state index is 13.4. The van der Waals surface area contributed by atoms with Crippen molar-refractivity contribution >= 4 is 30.7 Å². The number of likely N-dealkylation sites (tertiary alicyclic amines) is 1. The largest absolute Gasteiger partial charge is 0.443 e. The molecule has 37 heavy (non-hydrogen) atoms. The molecule has 0 aliphatic carbocycles. The van der Waals surface area contributed by atoms with Crippen LogP contribution in [0.1, 0.15) is 55.4 Å². The molecule has 0 N–H and O–H groups in total. The highest BCUT2D eigenvalue weighted by molar-refractivity contribution is 6.99. The molecule has 7 nitrogen and oxygen atoms in total. The monoisotopic (exact) mass is 525 g/mol. The van der Waals surface area contributed by atoms with Gasteiger partial charge in [-0.3, -0.25) is 4.79 Å². The Balaban J connectivity index is 1.77. The minimum Gasteiger partial charge on any atom is -0.443 e. The van der Waals surface area contributed by atoms with Gasteiger partial charge in [-0.2, -0.15) is 0 Å². The summed E-state index contributed by atoms with van der Waals surface area (Å²) in [5.74, 6) is -1.40. The summed E-state index contributed by atoms with van der Waals surface area (Å²) in [6.07, 6.45) is -2.27. The number of hydrogen-bond donors (Lipinski definition) is 0. The van der Waals surface area contributed by atoms with E-state index in [1.165, 1.54) is 0 Å². The molecule has 2 heterocycles. The van der Waals surface area contributed by atoms with Crippen molar-refractivity contribution in [1.82, 2.24) is 4.90 Å². The molecule has 2 saturated heterocycles. The molecule has 2 aliphatic heterocycles. The van der Waals surface area contributed by atoms with Gasteiger partial charge in [0.2, 0.25) is 0 Å². The molecular weight excluding hydrogens is 486 g/mol. The number of nitrogens with zero attached hydrogens (tertiary/aromatic N) is 1. The van der Waals surface area contributed by atoms with Crippen LogP contribution in [-0.4, -0.2) is 61.5 Å². The number of carbonyl (C=O) groups is 2. The van der Waals surface area contributed by atoms with Crippen LogP contribution >= 0.6 is 0 Å². The van der Waals surface area contributed by atoms with E-state index in [9.17, 15) is 9.59 Å². The first-order valence-corrected chi connectivity index (χ1v) is 14.7. The summed E-state index contributed by atoms with van der Waals surface area (Å²) in [4.78, 5) is 27.9. The van der Waals surface area contributed by atoms with Crippen LogP contribution < -0.4 is 10.4 Å². The Morgan fingerprint density at radius 2 is 1.43 bits per heavy atom. The standard InChI is InChI=1S/C29H39NO6Si/c1-27(2,3)36-26(32)30-22(23-24(25(30)31)35-29(7,8)34-23)19-33-37(28(4,5)6,20-15-11-9-12-16-20)21-17-13-10-14-18-21/h9-18,22-24H,19H2,1-8H3/t22-,23-,24-/m0/s1. The number of fused-ring (bicyclic) bond motifs is 1. The van der Waals surface area contributed by atoms with Gasteiger partial charge in [0, 0.05) is 0 Å². The summed E-state index contributed by atoms with van der Waals surface area (Å²) < 4.78 is 24.8. The first kappa shape index (κ1) is 27.5. The lowest BCUT2D eigenvalue weighted by atomic mass is 10.1. The van der Waals surface area contributed by atoms with Gasteiger partial charge in [-0.1, -0.05) is 81.4 Å². The van der Waals surface area contributed by atoms with Gasteiger partial charge < -0.3 is 18.6 Å². The Hall–Kier alpha value is -2.52. The molecule has 0 bridgehead atoms. The van der Waals surface area contributed by atoms with Crippen LogP contribution in [0.3, 0.4) is 0 Å². The first-order valence-electron chi connectivity index (χ1n) is 12.8. The van der Waals surface area contributed by atoms with E-state index in [2.05, 4.69) is 45.0 Å². The number of imide groups is 1. The van der Waals surface area contributed by atoms with Crippen molar-refractivity contribution in [2.75, 3.05) is 6.61 Å². The summed E-state index contributed by atoms with van der Waals surface area (Å²) in [7, 11) is -2.92. The van der Waals surface area contributed by atoms with Gasteiger partial charge in [0.15, 0.2) is 11.9 Å². The van der Waals surface area contributed by atoms with Gasteiger partial charge in [0.05, 0.1) is 12.6 Å². The third-order valence-corrected chi connectivity index (χ3v) is 11.8. The van der Waals surface area contributed by atoms with Gasteiger partial charge in [0.25, 0.3) is 14.2 Å². The van der Waals surface area contributed by atoms with Crippen LogP contribution in [0.2, 0.25) is 5.04 Å². The van der Waals surface area contributed by atoms with E-state index < -0.39 is 50.0 Å². The number of hydrogen-bond acceptors (Lipinski definition) is 6. The van der Waals surface area contributed by atoms with Gasteiger partial charge in [-0.15, -0.1) is 0 Å². The maximum atomic E-state index is 13.4. The lowest BCUT2D eigenvalue weighted by molar-refractivity contribution is -0.172. The highest BCUT2D eigenvalue weighted by Gasteiger charge is 2.61. The molecule has 0 radical (unpaired) electrons. The Kier molecular flexibility index (Phi) is 7.18. The number of amides is 2.